The van der Waals surface area contributed by atoms with Gasteiger partial charge in [-0.2, -0.15) is 0 Å². The van der Waals surface area contributed by atoms with Gasteiger partial charge in [-0.25, -0.2) is 9.18 Å². The van der Waals surface area contributed by atoms with Gasteiger partial charge < -0.3 is 15.2 Å². The van der Waals surface area contributed by atoms with Crippen molar-refractivity contribution in [3.8, 4) is 0 Å². The molecule has 0 saturated carbocycles. The van der Waals surface area contributed by atoms with E-state index < -0.39 is 17.1 Å². The van der Waals surface area contributed by atoms with Crippen LogP contribution in [0, 0.1) is 11.2 Å². The Hall–Kier alpha value is -1.14. The molecule has 0 aromatic heterocycles. The van der Waals surface area contributed by atoms with Crippen molar-refractivity contribution < 1.29 is 19.0 Å². The number of rotatable bonds is 5. The second kappa shape index (κ2) is 7.42. The van der Waals surface area contributed by atoms with Crippen LogP contribution < -0.4 is 5.32 Å². The summed E-state index contributed by atoms with van der Waals surface area (Å²) in [6.07, 6.45) is -0.122. The number of amides is 1. The zero-order valence-corrected chi connectivity index (χ0v) is 15.0. The summed E-state index contributed by atoms with van der Waals surface area (Å²) < 4.78 is 19.1. The molecule has 22 heavy (non-hydrogen) atoms. The van der Waals surface area contributed by atoms with Gasteiger partial charge in [-0.1, -0.05) is 19.1 Å². The molecule has 0 aliphatic carbocycles. The minimum absolute atomic E-state index is 0.147. The number of benzene rings is 1. The Bertz CT molecular complexity index is 531. The number of nitrogens with one attached hydrogen (secondary N) is 1. The summed E-state index contributed by atoms with van der Waals surface area (Å²) in [5.74, 6) is -0.349. The number of carbonyl (C=O) groups excluding carboxylic acids is 1. The summed E-state index contributed by atoms with van der Waals surface area (Å²) in [4.78, 5) is 11.7. The molecule has 0 aliphatic heterocycles. The fourth-order valence-electron chi connectivity index (χ4n) is 1.92. The molecule has 1 atom stereocenters. The first-order valence-electron chi connectivity index (χ1n) is 7.07. The van der Waals surface area contributed by atoms with Gasteiger partial charge in [0.15, 0.2) is 0 Å². The van der Waals surface area contributed by atoms with Crippen LogP contribution in [0.2, 0.25) is 0 Å². The summed E-state index contributed by atoms with van der Waals surface area (Å²) in [6.45, 7) is 7.24. The van der Waals surface area contributed by atoms with E-state index in [1.807, 2.05) is 6.92 Å². The van der Waals surface area contributed by atoms with Crippen LogP contribution in [0.4, 0.5) is 9.18 Å². The largest absolute Gasteiger partial charge is 0.444 e. The topological polar surface area (TPSA) is 58.6 Å². The van der Waals surface area contributed by atoms with Crippen LogP contribution in [0.5, 0.6) is 0 Å². The number of alkyl carbamates (subject to hydrolysis) is 1. The molecule has 0 spiro atoms. The highest BCUT2D eigenvalue weighted by Crippen LogP contribution is 2.28. The maximum Gasteiger partial charge on any atom is 0.407 e. The molecule has 2 N–H and O–H groups in total. The number of hydrogen-bond acceptors (Lipinski definition) is 3. The SMILES string of the molecule is CC(CO)(CNC(=O)OC(C)(C)C)Cc1cccc(F)c1Br. The number of carbonyl (C=O) groups is 1. The normalized spacial score (nSPS) is 14.3. The van der Waals surface area contributed by atoms with Gasteiger partial charge in [-0.3, -0.25) is 0 Å². The van der Waals surface area contributed by atoms with Gasteiger partial charge in [0.05, 0.1) is 11.1 Å². The van der Waals surface area contributed by atoms with Crippen molar-refractivity contribution in [2.24, 2.45) is 5.41 Å². The lowest BCUT2D eigenvalue weighted by atomic mass is 9.84. The first-order valence-corrected chi connectivity index (χ1v) is 7.86. The molecule has 0 fully saturated rings. The fourth-order valence-corrected chi connectivity index (χ4v) is 2.32. The van der Waals surface area contributed by atoms with Crippen molar-refractivity contribution in [2.75, 3.05) is 13.2 Å². The zero-order chi connectivity index (χ0) is 17.0. The van der Waals surface area contributed by atoms with Gasteiger partial charge >= 0.3 is 6.09 Å². The van der Waals surface area contributed by atoms with Gasteiger partial charge in [0.1, 0.15) is 11.4 Å². The van der Waals surface area contributed by atoms with Gasteiger partial charge in [-0.15, -0.1) is 0 Å². The molecule has 0 saturated heterocycles. The van der Waals surface area contributed by atoms with E-state index in [0.717, 1.165) is 5.56 Å². The molecular weight excluding hydrogens is 353 g/mol. The molecule has 1 rings (SSSR count). The molecule has 1 amide bonds. The van der Waals surface area contributed by atoms with E-state index in [0.29, 0.717) is 10.9 Å². The first kappa shape index (κ1) is 18.9. The summed E-state index contributed by atoms with van der Waals surface area (Å²) >= 11 is 3.21. The summed E-state index contributed by atoms with van der Waals surface area (Å²) in [5, 5.41) is 12.3. The Morgan fingerprint density at radius 2 is 2.00 bits per heavy atom. The van der Waals surface area contributed by atoms with Crippen LogP contribution in [0.25, 0.3) is 0 Å². The van der Waals surface area contributed by atoms with Crippen molar-refractivity contribution in [3.05, 3.63) is 34.1 Å². The van der Waals surface area contributed by atoms with E-state index in [1.165, 1.54) is 6.07 Å². The zero-order valence-electron chi connectivity index (χ0n) is 13.4. The highest BCUT2D eigenvalue weighted by molar-refractivity contribution is 9.10. The number of aliphatic hydroxyl groups is 1. The average molecular weight is 376 g/mol. The lowest BCUT2D eigenvalue weighted by Gasteiger charge is -2.29. The molecule has 0 radical (unpaired) electrons. The van der Waals surface area contributed by atoms with E-state index >= 15 is 0 Å². The van der Waals surface area contributed by atoms with Crippen LogP contribution in [0.15, 0.2) is 22.7 Å². The van der Waals surface area contributed by atoms with Crippen LogP contribution in [-0.2, 0) is 11.2 Å². The molecule has 1 unspecified atom stereocenters. The molecule has 124 valence electrons. The monoisotopic (exact) mass is 375 g/mol. The van der Waals surface area contributed by atoms with E-state index in [9.17, 15) is 14.3 Å². The van der Waals surface area contributed by atoms with E-state index in [1.54, 1.807) is 32.9 Å². The third-order valence-electron chi connectivity index (χ3n) is 3.09. The quantitative estimate of drug-likeness (QED) is 0.825. The Kier molecular flexibility index (Phi) is 6.38. The van der Waals surface area contributed by atoms with Crippen molar-refractivity contribution in [3.63, 3.8) is 0 Å². The highest BCUT2D eigenvalue weighted by Gasteiger charge is 2.27. The van der Waals surface area contributed by atoms with Gasteiger partial charge in [0.25, 0.3) is 0 Å². The molecule has 0 bridgehead atoms. The standard InChI is InChI=1S/C16H23BrFNO3/c1-15(2,3)22-14(21)19-9-16(4,10-20)8-11-6-5-7-12(18)13(11)17/h5-7,20H,8-10H2,1-4H3,(H,19,21). The molecule has 4 nitrogen and oxygen atoms in total. The summed E-state index contributed by atoms with van der Waals surface area (Å²) in [7, 11) is 0. The minimum atomic E-state index is -0.618. The Labute approximate surface area is 139 Å². The van der Waals surface area contributed by atoms with Crippen LogP contribution in [-0.4, -0.2) is 30.0 Å². The molecule has 6 heteroatoms. The van der Waals surface area contributed by atoms with E-state index in [2.05, 4.69) is 21.2 Å². The lowest BCUT2D eigenvalue weighted by molar-refractivity contribution is 0.0478. The molecule has 1 aromatic rings. The minimum Gasteiger partial charge on any atom is -0.444 e. The molecule has 0 heterocycles. The molecule has 1 aromatic carbocycles. The number of aliphatic hydroxyl groups excluding tert-OH is 1. The number of halogens is 2. The van der Waals surface area contributed by atoms with E-state index in [-0.39, 0.29) is 19.0 Å². The maximum absolute atomic E-state index is 13.6. The van der Waals surface area contributed by atoms with Gasteiger partial charge in [-0.05, 0) is 54.8 Å². The van der Waals surface area contributed by atoms with Gasteiger partial charge in [0.2, 0.25) is 0 Å². The lowest BCUT2D eigenvalue weighted by Crippen LogP contribution is -2.41. The second-order valence-electron chi connectivity index (χ2n) is 6.71. The Morgan fingerprint density at radius 3 is 2.55 bits per heavy atom. The van der Waals surface area contributed by atoms with Crippen molar-refractivity contribution >= 4 is 22.0 Å². The van der Waals surface area contributed by atoms with Crippen molar-refractivity contribution in [2.45, 2.75) is 39.7 Å². The number of hydrogen-bond donors (Lipinski definition) is 2. The average Bonchev–Trinajstić information content (AvgIpc) is 2.40. The first-order chi connectivity index (χ1) is 10.1. The third kappa shape index (κ3) is 5.93. The Morgan fingerprint density at radius 1 is 1.36 bits per heavy atom. The Balaban J connectivity index is 2.72. The van der Waals surface area contributed by atoms with Crippen LogP contribution in [0.3, 0.4) is 0 Å². The fraction of sp³-hybridized carbons (Fsp3) is 0.562. The van der Waals surface area contributed by atoms with E-state index in [4.69, 9.17) is 4.74 Å². The molecular formula is C16H23BrFNO3. The summed E-state index contributed by atoms with van der Waals surface area (Å²) in [6, 6.07) is 4.77. The van der Waals surface area contributed by atoms with Crippen LogP contribution in [0.1, 0.15) is 33.3 Å². The predicted octanol–water partition coefficient (Wildman–Crippen LogP) is 3.65. The smallest absolute Gasteiger partial charge is 0.407 e. The number of ether oxygens (including phenoxy) is 1. The third-order valence-corrected chi connectivity index (χ3v) is 3.98. The van der Waals surface area contributed by atoms with Crippen LogP contribution >= 0.6 is 15.9 Å². The van der Waals surface area contributed by atoms with Crippen molar-refractivity contribution in [1.29, 1.82) is 0 Å². The maximum atomic E-state index is 13.6. The summed E-state index contributed by atoms with van der Waals surface area (Å²) in [5.41, 5.74) is -0.457. The molecule has 0 aliphatic rings. The second-order valence-corrected chi connectivity index (χ2v) is 7.51. The predicted molar refractivity (Wildman–Crippen MR) is 87.2 cm³/mol. The highest BCUT2D eigenvalue weighted by atomic mass is 79.9. The van der Waals surface area contributed by atoms with Gasteiger partial charge in [0, 0.05) is 12.0 Å². The van der Waals surface area contributed by atoms with Crippen molar-refractivity contribution in [1.82, 2.24) is 5.32 Å².